The molecule has 0 unspecified atom stereocenters. The van der Waals surface area contributed by atoms with Crippen molar-refractivity contribution in [1.29, 1.82) is 0 Å². The summed E-state index contributed by atoms with van der Waals surface area (Å²) >= 11 is 0. The number of rotatable bonds is 8. The molecule has 0 aromatic heterocycles. The van der Waals surface area contributed by atoms with E-state index in [2.05, 4.69) is 5.32 Å². The van der Waals surface area contributed by atoms with Crippen LogP contribution in [0.4, 0.5) is 4.79 Å². The van der Waals surface area contributed by atoms with Crippen molar-refractivity contribution >= 4 is 19.0 Å². The molecular formula is C18H20BNO5. The Bertz CT molecular complexity index is 678. The summed E-state index contributed by atoms with van der Waals surface area (Å²) in [7, 11) is -1.76. The normalized spacial score (nSPS) is 11.4. The molecule has 7 heteroatoms. The fourth-order valence-corrected chi connectivity index (χ4v) is 2.32. The van der Waals surface area contributed by atoms with Gasteiger partial charge in [0.1, 0.15) is 6.61 Å². The Morgan fingerprint density at radius 1 is 0.960 bits per heavy atom. The molecule has 0 aliphatic carbocycles. The van der Waals surface area contributed by atoms with Crippen LogP contribution in [0.5, 0.6) is 0 Å². The highest BCUT2D eigenvalue weighted by atomic mass is 16.5. The first kappa shape index (κ1) is 18.7. The van der Waals surface area contributed by atoms with Crippen molar-refractivity contribution in [3.05, 3.63) is 71.8 Å². The first-order valence-corrected chi connectivity index (χ1v) is 7.94. The first-order chi connectivity index (χ1) is 12.0. The van der Waals surface area contributed by atoms with E-state index in [1.165, 1.54) is 0 Å². The minimum Gasteiger partial charge on any atom is -0.445 e. The van der Waals surface area contributed by atoms with Crippen LogP contribution in [0.3, 0.4) is 0 Å². The highest BCUT2D eigenvalue weighted by Crippen LogP contribution is 2.07. The van der Waals surface area contributed by atoms with Crippen LogP contribution in [0.15, 0.2) is 60.7 Å². The minimum atomic E-state index is -1.76. The van der Waals surface area contributed by atoms with Gasteiger partial charge in [-0.05, 0) is 17.5 Å². The van der Waals surface area contributed by atoms with Gasteiger partial charge in [-0.1, -0.05) is 60.7 Å². The summed E-state index contributed by atoms with van der Waals surface area (Å²) in [4.78, 5) is 24.2. The van der Waals surface area contributed by atoms with Gasteiger partial charge in [0, 0.05) is 6.32 Å². The number of Topliss-reactive ketones (excluding diaryl/α,β-unsaturated/α-hetero) is 1. The van der Waals surface area contributed by atoms with E-state index >= 15 is 0 Å². The molecule has 1 amide bonds. The third-order valence-electron chi connectivity index (χ3n) is 3.56. The van der Waals surface area contributed by atoms with Gasteiger partial charge < -0.3 is 20.1 Å². The standard InChI is InChI=1S/C18H20BNO5/c21-17(12-19(23)24)16(11-14-7-3-1-4-8-14)20-18(22)25-13-15-9-5-2-6-10-15/h1-10,16,23-24H,11-13H2,(H,20,22)/t16-/m0/s1. The van der Waals surface area contributed by atoms with Gasteiger partial charge in [-0.15, -0.1) is 0 Å². The zero-order chi connectivity index (χ0) is 18.1. The topological polar surface area (TPSA) is 95.9 Å². The fraction of sp³-hybridized carbons (Fsp3) is 0.222. The molecule has 2 aromatic rings. The number of carbonyl (C=O) groups is 2. The Hall–Kier alpha value is -2.64. The van der Waals surface area contributed by atoms with Gasteiger partial charge >= 0.3 is 13.2 Å². The van der Waals surface area contributed by atoms with E-state index in [9.17, 15) is 9.59 Å². The number of carbonyl (C=O) groups excluding carboxylic acids is 2. The second-order valence-electron chi connectivity index (χ2n) is 5.60. The van der Waals surface area contributed by atoms with Crippen molar-refractivity contribution in [3.63, 3.8) is 0 Å². The molecule has 0 spiro atoms. The summed E-state index contributed by atoms with van der Waals surface area (Å²) in [6.07, 6.45) is -0.950. The average Bonchev–Trinajstić information content (AvgIpc) is 2.60. The molecule has 2 aromatic carbocycles. The average molecular weight is 341 g/mol. The number of ketones is 1. The van der Waals surface area contributed by atoms with E-state index in [0.717, 1.165) is 11.1 Å². The maximum Gasteiger partial charge on any atom is 0.459 e. The van der Waals surface area contributed by atoms with E-state index in [-0.39, 0.29) is 13.0 Å². The minimum absolute atomic E-state index is 0.0849. The Labute approximate surface area is 146 Å². The number of ether oxygens (including phenoxy) is 1. The number of alkyl carbamates (subject to hydrolysis) is 1. The van der Waals surface area contributed by atoms with Crippen molar-refractivity contribution in [3.8, 4) is 0 Å². The van der Waals surface area contributed by atoms with Gasteiger partial charge in [-0.2, -0.15) is 0 Å². The van der Waals surface area contributed by atoms with Crippen LogP contribution in [0.1, 0.15) is 11.1 Å². The number of amides is 1. The number of benzene rings is 2. The Balaban J connectivity index is 1.96. The monoisotopic (exact) mass is 341 g/mol. The van der Waals surface area contributed by atoms with Crippen LogP contribution in [0.25, 0.3) is 0 Å². The predicted octanol–water partition coefficient (Wildman–Crippen LogP) is 1.57. The smallest absolute Gasteiger partial charge is 0.445 e. The van der Waals surface area contributed by atoms with Gasteiger partial charge in [0.15, 0.2) is 5.78 Å². The Morgan fingerprint density at radius 2 is 1.52 bits per heavy atom. The molecule has 0 bridgehead atoms. The van der Waals surface area contributed by atoms with Crippen molar-refractivity contribution in [2.45, 2.75) is 25.4 Å². The largest absolute Gasteiger partial charge is 0.459 e. The van der Waals surface area contributed by atoms with E-state index in [1.807, 2.05) is 60.7 Å². The molecule has 0 saturated heterocycles. The molecule has 0 aliphatic heterocycles. The van der Waals surface area contributed by atoms with E-state index in [4.69, 9.17) is 14.8 Å². The molecule has 25 heavy (non-hydrogen) atoms. The summed E-state index contributed by atoms with van der Waals surface area (Å²) in [6, 6.07) is 17.4. The van der Waals surface area contributed by atoms with Crippen LogP contribution in [0.2, 0.25) is 6.32 Å². The first-order valence-electron chi connectivity index (χ1n) is 7.94. The second kappa shape index (κ2) is 9.61. The lowest BCUT2D eigenvalue weighted by Gasteiger charge is -2.18. The molecular weight excluding hydrogens is 321 g/mol. The molecule has 1 atom stereocenters. The van der Waals surface area contributed by atoms with Crippen molar-refractivity contribution in [2.24, 2.45) is 0 Å². The van der Waals surface area contributed by atoms with Gasteiger partial charge in [-0.25, -0.2) is 4.79 Å². The molecule has 6 nitrogen and oxygen atoms in total. The zero-order valence-electron chi connectivity index (χ0n) is 13.7. The van der Waals surface area contributed by atoms with Gasteiger partial charge in [0.05, 0.1) is 6.04 Å². The van der Waals surface area contributed by atoms with E-state index in [1.54, 1.807) is 0 Å². The maximum atomic E-state index is 12.2. The van der Waals surface area contributed by atoms with Crippen molar-refractivity contribution in [2.75, 3.05) is 0 Å². The predicted molar refractivity (Wildman–Crippen MR) is 93.7 cm³/mol. The highest BCUT2D eigenvalue weighted by Gasteiger charge is 2.25. The quantitative estimate of drug-likeness (QED) is 0.634. The second-order valence-corrected chi connectivity index (χ2v) is 5.60. The molecule has 3 N–H and O–H groups in total. The summed E-state index contributed by atoms with van der Waals surface area (Å²) in [5, 5.41) is 20.5. The Kier molecular flexibility index (Phi) is 7.19. The molecule has 2 rings (SSSR count). The molecule has 0 heterocycles. The van der Waals surface area contributed by atoms with Gasteiger partial charge in [-0.3, -0.25) is 4.79 Å². The third-order valence-corrected chi connectivity index (χ3v) is 3.56. The fourth-order valence-electron chi connectivity index (χ4n) is 2.32. The van der Waals surface area contributed by atoms with Crippen molar-refractivity contribution in [1.82, 2.24) is 5.32 Å². The summed E-state index contributed by atoms with van der Waals surface area (Å²) < 4.78 is 5.12. The molecule has 0 radical (unpaired) electrons. The lowest BCUT2D eigenvalue weighted by Crippen LogP contribution is -2.43. The van der Waals surface area contributed by atoms with Gasteiger partial charge in [0.2, 0.25) is 0 Å². The summed E-state index contributed by atoms with van der Waals surface area (Å²) in [5.74, 6) is -0.476. The molecule has 0 saturated carbocycles. The SMILES string of the molecule is O=C(N[C@@H](Cc1ccccc1)C(=O)CB(O)O)OCc1ccccc1. The van der Waals surface area contributed by atoms with Crippen LogP contribution in [-0.4, -0.2) is 35.1 Å². The lowest BCUT2D eigenvalue weighted by atomic mass is 9.81. The van der Waals surface area contributed by atoms with E-state index in [0.29, 0.717) is 0 Å². The number of hydrogen-bond donors (Lipinski definition) is 3. The molecule has 0 aliphatic rings. The van der Waals surface area contributed by atoms with Gasteiger partial charge in [0.25, 0.3) is 0 Å². The zero-order valence-corrected chi connectivity index (χ0v) is 13.7. The number of nitrogens with one attached hydrogen (secondary N) is 1. The van der Waals surface area contributed by atoms with Crippen LogP contribution in [0, 0.1) is 0 Å². The maximum absolute atomic E-state index is 12.2. The van der Waals surface area contributed by atoms with Crippen LogP contribution >= 0.6 is 0 Å². The van der Waals surface area contributed by atoms with Crippen molar-refractivity contribution < 1.29 is 24.4 Å². The molecule has 130 valence electrons. The highest BCUT2D eigenvalue weighted by molar-refractivity contribution is 6.46. The lowest BCUT2D eigenvalue weighted by molar-refractivity contribution is -0.119. The molecule has 0 fully saturated rings. The van der Waals surface area contributed by atoms with E-state index < -0.39 is 31.4 Å². The summed E-state index contributed by atoms with van der Waals surface area (Å²) in [5.41, 5.74) is 1.67. The summed E-state index contributed by atoms with van der Waals surface area (Å²) in [6.45, 7) is 0.0849. The number of hydrogen-bond acceptors (Lipinski definition) is 5. The Morgan fingerprint density at radius 3 is 2.08 bits per heavy atom. The third kappa shape index (κ3) is 6.78. The van der Waals surface area contributed by atoms with Crippen LogP contribution < -0.4 is 5.32 Å². The van der Waals surface area contributed by atoms with Crippen LogP contribution in [-0.2, 0) is 22.6 Å².